The predicted molar refractivity (Wildman–Crippen MR) is 221 cm³/mol. The van der Waals surface area contributed by atoms with Crippen molar-refractivity contribution in [3.05, 3.63) is 180 Å². The second-order valence-electron chi connectivity index (χ2n) is 13.6. The van der Waals surface area contributed by atoms with Crippen molar-refractivity contribution in [2.75, 3.05) is 0 Å². The Morgan fingerprint density at radius 1 is 0.375 bits per heavy atom. The summed E-state index contributed by atoms with van der Waals surface area (Å²) in [4.78, 5) is 10.4. The zero-order chi connectivity index (χ0) is 37.8. The molecule has 0 fully saturated rings. The molecule has 0 unspecified atom stereocenters. The van der Waals surface area contributed by atoms with Gasteiger partial charge >= 0.3 is 0 Å². The lowest BCUT2D eigenvalue weighted by Crippen LogP contribution is -2.06. The molecule has 0 N–H and O–H groups in total. The summed E-state index contributed by atoms with van der Waals surface area (Å²) in [5.41, 5.74) is 10.5. The number of rotatable bonds is 5. The number of benzene rings is 7. The zero-order valence-electron chi connectivity index (χ0n) is 29.7. The zero-order valence-corrected chi connectivity index (χ0v) is 29.7. The maximum Gasteiger partial charge on any atom is 0.160 e. The van der Waals surface area contributed by atoms with Crippen molar-refractivity contribution in [1.29, 1.82) is 15.8 Å². The van der Waals surface area contributed by atoms with Crippen LogP contribution in [0.3, 0.4) is 0 Å². The van der Waals surface area contributed by atoms with E-state index in [-0.39, 0.29) is 0 Å². The van der Waals surface area contributed by atoms with Crippen LogP contribution in [0.4, 0.5) is 0 Å². The van der Waals surface area contributed by atoms with Crippen LogP contribution in [0.1, 0.15) is 16.7 Å². The fourth-order valence-electron chi connectivity index (χ4n) is 7.90. The monoisotopic (exact) mass is 713 g/mol. The second-order valence-corrected chi connectivity index (χ2v) is 13.6. The Morgan fingerprint density at radius 2 is 0.804 bits per heavy atom. The fourth-order valence-corrected chi connectivity index (χ4v) is 7.90. The van der Waals surface area contributed by atoms with Gasteiger partial charge in [-0.25, -0.2) is 9.97 Å². The Bertz CT molecular complexity index is 3120. The molecule has 0 radical (unpaired) electrons. The first-order valence-electron chi connectivity index (χ1n) is 18.1. The van der Waals surface area contributed by atoms with Crippen LogP contribution in [0.2, 0.25) is 0 Å². The Balaban J connectivity index is 1.36. The van der Waals surface area contributed by atoms with Gasteiger partial charge in [-0.3, -0.25) is 0 Å². The molecule has 0 aliphatic rings. The topological polar surface area (TPSA) is 107 Å². The van der Waals surface area contributed by atoms with E-state index in [1.54, 1.807) is 0 Å². The quantitative estimate of drug-likeness (QED) is 0.176. The molecule has 3 heterocycles. The molecule has 0 saturated carbocycles. The highest BCUT2D eigenvalue weighted by atomic mass is 15.0. The minimum Gasteiger partial charge on any atom is -0.308 e. The molecule has 0 amide bonds. The van der Waals surface area contributed by atoms with E-state index in [1.807, 2.05) is 164 Å². The Kier molecular flexibility index (Phi) is 7.49. The van der Waals surface area contributed by atoms with Gasteiger partial charge in [-0.15, -0.1) is 0 Å². The number of hydrogen-bond acceptors (Lipinski definition) is 5. The second kappa shape index (κ2) is 13.0. The van der Waals surface area contributed by atoms with Crippen molar-refractivity contribution < 1.29 is 0 Å². The molecule has 0 saturated heterocycles. The molecule has 258 valence electrons. The molecule has 0 spiro atoms. The molecular weight excluding hydrogens is 687 g/mol. The number of fused-ring (bicyclic) bond motifs is 6. The third-order valence-electron chi connectivity index (χ3n) is 10.4. The molecule has 10 aromatic rings. The van der Waals surface area contributed by atoms with Crippen LogP contribution in [-0.2, 0) is 0 Å². The van der Waals surface area contributed by atoms with Gasteiger partial charge < -0.3 is 9.13 Å². The number of para-hydroxylation sites is 2. The van der Waals surface area contributed by atoms with Gasteiger partial charge in [0, 0.05) is 38.2 Å². The molecule has 3 aromatic heterocycles. The van der Waals surface area contributed by atoms with Crippen molar-refractivity contribution in [2.24, 2.45) is 0 Å². The highest BCUT2D eigenvalue weighted by Crippen LogP contribution is 2.40. The number of nitriles is 3. The van der Waals surface area contributed by atoms with Crippen LogP contribution in [0.5, 0.6) is 0 Å². The summed E-state index contributed by atoms with van der Waals surface area (Å²) in [5.74, 6) is 0.497. The SMILES string of the molecule is N#Cc1ccc2c(c1)c1ccccc1n2-c1cc(-c2nc(-c3ccccc3)cc(-c3ccccc3)n2)cc(-n2c3ccccc3c3cc(C#N)ccc32)c1C#N. The summed E-state index contributed by atoms with van der Waals surface area (Å²) in [6.07, 6.45) is 0. The van der Waals surface area contributed by atoms with Crippen molar-refractivity contribution in [1.82, 2.24) is 19.1 Å². The Morgan fingerprint density at radius 3 is 1.25 bits per heavy atom. The van der Waals surface area contributed by atoms with Crippen LogP contribution in [-0.4, -0.2) is 19.1 Å². The maximum atomic E-state index is 11.3. The van der Waals surface area contributed by atoms with E-state index in [0.29, 0.717) is 39.5 Å². The molecule has 0 bridgehead atoms. The third-order valence-corrected chi connectivity index (χ3v) is 10.4. The van der Waals surface area contributed by atoms with Gasteiger partial charge in [-0.1, -0.05) is 97.1 Å². The lowest BCUT2D eigenvalue weighted by molar-refractivity contribution is 1.11. The smallest absolute Gasteiger partial charge is 0.160 e. The van der Waals surface area contributed by atoms with E-state index in [9.17, 15) is 15.8 Å². The molecule has 56 heavy (non-hydrogen) atoms. The summed E-state index contributed by atoms with van der Waals surface area (Å²) < 4.78 is 4.22. The molecule has 10 rings (SSSR count). The van der Waals surface area contributed by atoms with Crippen molar-refractivity contribution in [3.63, 3.8) is 0 Å². The minimum atomic E-state index is 0.440. The van der Waals surface area contributed by atoms with Gasteiger partial charge in [-0.05, 0) is 66.7 Å². The van der Waals surface area contributed by atoms with Crippen LogP contribution in [0.25, 0.3) is 88.9 Å². The van der Waals surface area contributed by atoms with Crippen molar-refractivity contribution >= 4 is 43.6 Å². The number of nitrogens with zero attached hydrogens (tertiary/aromatic N) is 7. The summed E-state index contributed by atoms with van der Waals surface area (Å²) in [7, 11) is 0. The molecule has 7 nitrogen and oxygen atoms in total. The van der Waals surface area contributed by atoms with E-state index in [1.165, 1.54) is 0 Å². The van der Waals surface area contributed by atoms with Crippen molar-refractivity contribution in [3.8, 4) is 63.5 Å². The highest BCUT2D eigenvalue weighted by molar-refractivity contribution is 6.11. The predicted octanol–water partition coefficient (Wildman–Crippen LogP) is 11.3. The van der Waals surface area contributed by atoms with E-state index in [4.69, 9.17) is 9.97 Å². The van der Waals surface area contributed by atoms with E-state index < -0.39 is 0 Å². The first-order chi connectivity index (χ1) is 27.6. The average Bonchev–Trinajstić information content (AvgIpc) is 3.78. The maximum absolute atomic E-state index is 11.3. The van der Waals surface area contributed by atoms with Crippen LogP contribution >= 0.6 is 0 Å². The summed E-state index contributed by atoms with van der Waals surface area (Å²) in [6.45, 7) is 0. The van der Waals surface area contributed by atoms with E-state index in [0.717, 1.165) is 66.1 Å². The van der Waals surface area contributed by atoms with Gasteiger partial charge in [0.1, 0.15) is 11.6 Å². The third kappa shape index (κ3) is 5.11. The molecule has 0 aliphatic heterocycles. The van der Waals surface area contributed by atoms with Gasteiger partial charge in [0.05, 0.1) is 68.1 Å². The summed E-state index contributed by atoms with van der Waals surface area (Å²) in [5, 5.41) is 34.8. The summed E-state index contributed by atoms with van der Waals surface area (Å²) in [6, 6.07) is 60.8. The van der Waals surface area contributed by atoms with Gasteiger partial charge in [0.25, 0.3) is 0 Å². The Hall–Kier alpha value is -8.31. The lowest BCUT2D eigenvalue weighted by atomic mass is 10.0. The standard InChI is InChI=1S/C49H27N7/c50-28-31-19-21-45-38(23-31)36-15-7-9-17-43(36)55(45)47-25-35(49-53-41(33-11-3-1-4-12-33)27-42(54-49)34-13-5-2-6-14-34)26-48(40(47)30-52)56-44-18-10-8-16-37(44)39-24-32(29-51)20-22-46(39)56/h1-27H. The lowest BCUT2D eigenvalue weighted by Gasteiger charge is -2.18. The van der Waals surface area contributed by atoms with Crippen LogP contribution in [0.15, 0.2) is 164 Å². The van der Waals surface area contributed by atoms with Gasteiger partial charge in [-0.2, -0.15) is 15.8 Å². The van der Waals surface area contributed by atoms with Crippen LogP contribution < -0.4 is 0 Å². The van der Waals surface area contributed by atoms with Gasteiger partial charge in [0.15, 0.2) is 5.82 Å². The first-order valence-corrected chi connectivity index (χ1v) is 18.1. The van der Waals surface area contributed by atoms with Gasteiger partial charge in [0.2, 0.25) is 0 Å². The Labute approximate surface area is 321 Å². The normalized spacial score (nSPS) is 11.2. The molecule has 7 aromatic carbocycles. The highest BCUT2D eigenvalue weighted by Gasteiger charge is 2.24. The van der Waals surface area contributed by atoms with E-state index >= 15 is 0 Å². The van der Waals surface area contributed by atoms with Crippen molar-refractivity contribution in [2.45, 2.75) is 0 Å². The minimum absolute atomic E-state index is 0.440. The van der Waals surface area contributed by atoms with E-state index in [2.05, 4.69) is 27.3 Å². The average molecular weight is 714 g/mol. The largest absolute Gasteiger partial charge is 0.308 e. The number of aromatic nitrogens is 4. The fraction of sp³-hybridized carbons (Fsp3) is 0. The van der Waals surface area contributed by atoms with Crippen LogP contribution in [0, 0.1) is 34.0 Å². The molecule has 0 atom stereocenters. The summed E-state index contributed by atoms with van der Waals surface area (Å²) >= 11 is 0. The molecular formula is C49H27N7. The first kappa shape index (κ1) is 32.3. The molecule has 0 aliphatic carbocycles. The number of hydrogen-bond donors (Lipinski definition) is 0. The molecule has 7 heteroatoms.